The number of amides is 1. The molecule has 1 aliphatic heterocycles. The summed E-state index contributed by atoms with van der Waals surface area (Å²) in [6.07, 6.45) is 0. The molecule has 4 rings (SSSR count). The number of likely N-dealkylation sites (tertiary alicyclic amines) is 1. The summed E-state index contributed by atoms with van der Waals surface area (Å²) >= 11 is 0. The van der Waals surface area contributed by atoms with Crippen LogP contribution < -0.4 is 4.74 Å². The van der Waals surface area contributed by atoms with Crippen molar-refractivity contribution in [2.75, 3.05) is 27.2 Å². The molecule has 0 aromatic heterocycles. The van der Waals surface area contributed by atoms with Crippen molar-refractivity contribution >= 4 is 23.1 Å². The van der Waals surface area contributed by atoms with Crippen molar-refractivity contribution in [3.63, 3.8) is 0 Å². The Balaban J connectivity index is 1.74. The number of hydrogen-bond acceptors (Lipinski definition) is 7. The quantitative estimate of drug-likeness (QED) is 0.154. The SMILES string of the molecule is CN(C)CCN1C(=O)C(=O)/C(=C(/O)c2ccc([N+](=O)[O-])cc2)C1c1cccc(OCc2ccccc2)c1. The molecule has 1 amide bonds. The topological polar surface area (TPSA) is 113 Å². The number of likely N-dealkylation sites (N-methyl/N-ethyl adjacent to an activating group) is 1. The lowest BCUT2D eigenvalue weighted by molar-refractivity contribution is -0.384. The number of ether oxygens (including phenoxy) is 1. The molecule has 9 heteroatoms. The summed E-state index contributed by atoms with van der Waals surface area (Å²) in [5.74, 6) is -1.36. The van der Waals surface area contributed by atoms with Crippen LogP contribution in [0.4, 0.5) is 5.69 Å². The zero-order valence-corrected chi connectivity index (χ0v) is 20.5. The van der Waals surface area contributed by atoms with Crippen LogP contribution in [0.1, 0.15) is 22.7 Å². The molecule has 0 radical (unpaired) electrons. The van der Waals surface area contributed by atoms with Gasteiger partial charge >= 0.3 is 0 Å². The standard InChI is InChI=1S/C28H27N3O6/c1-29(2)15-16-30-25(21-9-6-10-23(17-21)37-18-19-7-4-3-5-8-19)24(27(33)28(30)34)26(32)20-11-13-22(14-12-20)31(35)36/h3-14,17,25,32H,15-16,18H2,1-2H3/b26-24+. The van der Waals surface area contributed by atoms with Gasteiger partial charge in [0.15, 0.2) is 0 Å². The molecule has 1 aliphatic rings. The van der Waals surface area contributed by atoms with Crippen LogP contribution in [0.3, 0.4) is 0 Å². The Morgan fingerprint density at radius 2 is 1.73 bits per heavy atom. The summed E-state index contributed by atoms with van der Waals surface area (Å²) in [6, 6.07) is 21.1. The van der Waals surface area contributed by atoms with Gasteiger partial charge in [-0.25, -0.2) is 0 Å². The molecule has 1 saturated heterocycles. The number of aliphatic hydroxyl groups is 1. The monoisotopic (exact) mass is 501 g/mol. The number of Topliss-reactive ketones (excluding diaryl/α,β-unsaturated/α-hetero) is 1. The third kappa shape index (κ3) is 5.68. The van der Waals surface area contributed by atoms with Gasteiger partial charge in [0.05, 0.1) is 16.5 Å². The van der Waals surface area contributed by atoms with Gasteiger partial charge in [-0.3, -0.25) is 19.7 Å². The van der Waals surface area contributed by atoms with E-state index in [0.717, 1.165) is 5.56 Å². The van der Waals surface area contributed by atoms with Gasteiger partial charge in [0.2, 0.25) is 0 Å². The van der Waals surface area contributed by atoms with Gasteiger partial charge < -0.3 is 19.6 Å². The highest BCUT2D eigenvalue weighted by Gasteiger charge is 2.46. The fourth-order valence-corrected chi connectivity index (χ4v) is 4.18. The number of non-ortho nitro benzene ring substituents is 1. The number of nitrogens with zero attached hydrogens (tertiary/aromatic N) is 3. The summed E-state index contributed by atoms with van der Waals surface area (Å²) in [7, 11) is 3.72. The normalized spacial score (nSPS) is 16.8. The van der Waals surface area contributed by atoms with Crippen molar-refractivity contribution in [1.29, 1.82) is 0 Å². The first-order valence-electron chi connectivity index (χ1n) is 11.7. The van der Waals surface area contributed by atoms with Crippen molar-refractivity contribution in [1.82, 2.24) is 9.80 Å². The molecule has 1 heterocycles. The zero-order valence-electron chi connectivity index (χ0n) is 20.5. The second-order valence-electron chi connectivity index (χ2n) is 8.95. The average Bonchev–Trinajstić information content (AvgIpc) is 3.16. The number of benzene rings is 3. The van der Waals surface area contributed by atoms with E-state index in [9.17, 15) is 24.8 Å². The van der Waals surface area contributed by atoms with Crippen LogP contribution in [-0.4, -0.2) is 58.7 Å². The molecule has 9 nitrogen and oxygen atoms in total. The first kappa shape index (κ1) is 25.6. The van der Waals surface area contributed by atoms with E-state index in [0.29, 0.717) is 24.5 Å². The Labute approximate surface area is 214 Å². The van der Waals surface area contributed by atoms with Crippen molar-refractivity contribution in [2.24, 2.45) is 0 Å². The zero-order chi connectivity index (χ0) is 26.5. The minimum atomic E-state index is -0.851. The number of nitro groups is 1. The molecule has 0 saturated carbocycles. The lowest BCUT2D eigenvalue weighted by atomic mass is 9.95. The third-order valence-electron chi connectivity index (χ3n) is 6.10. The van der Waals surface area contributed by atoms with Gasteiger partial charge in [-0.15, -0.1) is 0 Å². The Morgan fingerprint density at radius 1 is 1.03 bits per heavy atom. The minimum Gasteiger partial charge on any atom is -0.507 e. The lowest BCUT2D eigenvalue weighted by Crippen LogP contribution is -2.35. The van der Waals surface area contributed by atoms with Crippen molar-refractivity contribution < 1.29 is 24.4 Å². The van der Waals surface area contributed by atoms with Gasteiger partial charge in [-0.05, 0) is 49.5 Å². The number of ketones is 1. The fraction of sp³-hybridized carbons (Fsp3) is 0.214. The number of nitro benzene ring substituents is 1. The highest BCUT2D eigenvalue weighted by molar-refractivity contribution is 6.46. The van der Waals surface area contributed by atoms with Crippen LogP contribution in [0, 0.1) is 10.1 Å². The number of carbonyl (C=O) groups excluding carboxylic acids is 2. The van der Waals surface area contributed by atoms with Crippen molar-refractivity contribution in [2.45, 2.75) is 12.6 Å². The smallest absolute Gasteiger partial charge is 0.295 e. The van der Waals surface area contributed by atoms with Crippen molar-refractivity contribution in [3.05, 3.63) is 111 Å². The number of hydrogen-bond donors (Lipinski definition) is 1. The first-order chi connectivity index (χ1) is 17.8. The van der Waals surface area contributed by atoms with E-state index in [-0.39, 0.29) is 29.1 Å². The number of aliphatic hydroxyl groups excluding tert-OH is 1. The molecule has 1 fully saturated rings. The predicted molar refractivity (Wildman–Crippen MR) is 138 cm³/mol. The highest BCUT2D eigenvalue weighted by Crippen LogP contribution is 2.40. The minimum absolute atomic E-state index is 0.0715. The summed E-state index contributed by atoms with van der Waals surface area (Å²) in [4.78, 5) is 40.1. The molecule has 190 valence electrons. The second kappa shape index (κ2) is 11.0. The van der Waals surface area contributed by atoms with Gasteiger partial charge in [-0.1, -0.05) is 42.5 Å². The van der Waals surface area contributed by atoms with E-state index in [1.165, 1.54) is 29.2 Å². The van der Waals surface area contributed by atoms with E-state index >= 15 is 0 Å². The maximum atomic E-state index is 13.2. The van der Waals surface area contributed by atoms with Gasteiger partial charge in [0.25, 0.3) is 17.4 Å². The number of carbonyl (C=O) groups is 2. The molecule has 1 N–H and O–H groups in total. The molecule has 3 aromatic rings. The largest absolute Gasteiger partial charge is 0.507 e. The van der Waals surface area contributed by atoms with Crippen molar-refractivity contribution in [3.8, 4) is 5.75 Å². The first-order valence-corrected chi connectivity index (χ1v) is 11.7. The molecule has 0 aliphatic carbocycles. The van der Waals surface area contributed by atoms with Gasteiger partial charge in [0, 0.05) is 30.8 Å². The van der Waals surface area contributed by atoms with Gasteiger partial charge in [-0.2, -0.15) is 0 Å². The summed E-state index contributed by atoms with van der Waals surface area (Å²) in [6.45, 7) is 1.10. The van der Waals surface area contributed by atoms with E-state index in [4.69, 9.17) is 4.74 Å². The molecular weight excluding hydrogens is 474 g/mol. The van der Waals surface area contributed by atoms with Gasteiger partial charge in [0.1, 0.15) is 18.1 Å². The number of rotatable bonds is 9. The van der Waals surface area contributed by atoms with E-state index in [2.05, 4.69) is 0 Å². The molecule has 0 bridgehead atoms. The van der Waals surface area contributed by atoms with Crippen LogP contribution in [0.25, 0.3) is 5.76 Å². The summed E-state index contributed by atoms with van der Waals surface area (Å²) < 4.78 is 5.96. The maximum absolute atomic E-state index is 13.2. The molecular formula is C28H27N3O6. The maximum Gasteiger partial charge on any atom is 0.295 e. The average molecular weight is 502 g/mol. The highest BCUT2D eigenvalue weighted by atomic mass is 16.6. The van der Waals surface area contributed by atoms with E-state index in [1.54, 1.807) is 24.3 Å². The molecule has 1 atom stereocenters. The molecule has 0 spiro atoms. The second-order valence-corrected chi connectivity index (χ2v) is 8.95. The van der Waals surface area contributed by atoms with Crippen LogP contribution in [-0.2, 0) is 16.2 Å². The Kier molecular flexibility index (Phi) is 7.64. The molecule has 1 unspecified atom stereocenters. The fourth-order valence-electron chi connectivity index (χ4n) is 4.18. The Morgan fingerprint density at radius 3 is 2.38 bits per heavy atom. The molecule has 37 heavy (non-hydrogen) atoms. The van der Waals surface area contributed by atoms with Crippen LogP contribution in [0.15, 0.2) is 84.4 Å². The van der Waals surface area contributed by atoms with E-state index in [1.807, 2.05) is 49.3 Å². The Hall–Kier alpha value is -4.50. The predicted octanol–water partition coefficient (Wildman–Crippen LogP) is 4.16. The Bertz CT molecular complexity index is 1340. The summed E-state index contributed by atoms with van der Waals surface area (Å²) in [5.41, 5.74) is 1.58. The summed E-state index contributed by atoms with van der Waals surface area (Å²) in [5, 5.41) is 22.2. The molecule has 3 aromatic carbocycles. The van der Waals surface area contributed by atoms with Crippen LogP contribution in [0.2, 0.25) is 0 Å². The van der Waals surface area contributed by atoms with Crippen LogP contribution in [0.5, 0.6) is 5.75 Å². The lowest BCUT2D eigenvalue weighted by Gasteiger charge is -2.27. The van der Waals surface area contributed by atoms with E-state index < -0.39 is 22.7 Å². The van der Waals surface area contributed by atoms with Crippen LogP contribution >= 0.6 is 0 Å². The third-order valence-corrected chi connectivity index (χ3v) is 6.10.